The summed E-state index contributed by atoms with van der Waals surface area (Å²) in [6.07, 6.45) is 11.8. The molecule has 2 rings (SSSR count). The average molecular weight is 427 g/mol. The highest BCUT2D eigenvalue weighted by atomic mass is 16.5. The van der Waals surface area contributed by atoms with E-state index in [1.165, 1.54) is 38.0 Å². The molecular weight excluding hydrogens is 398 g/mol. The molecule has 0 aromatic heterocycles. The number of esters is 3. The SMILES string of the molecule is CCCCCCCOC(=O)c1ccc(N2C=CC=CC(C(=O)OC)=C2C(=O)OC)cc1. The second kappa shape index (κ2) is 12.4. The van der Waals surface area contributed by atoms with Crippen LogP contribution in [0.2, 0.25) is 0 Å². The second-order valence-electron chi connectivity index (χ2n) is 6.91. The Balaban J connectivity index is 2.17. The summed E-state index contributed by atoms with van der Waals surface area (Å²) in [5, 5.41) is 0. The first-order valence-corrected chi connectivity index (χ1v) is 10.4. The van der Waals surface area contributed by atoms with E-state index in [0.717, 1.165) is 19.3 Å². The van der Waals surface area contributed by atoms with Crippen LogP contribution in [0.3, 0.4) is 0 Å². The average Bonchev–Trinajstić information content (AvgIpc) is 3.03. The Kier molecular flexibility index (Phi) is 9.55. The van der Waals surface area contributed by atoms with Crippen LogP contribution < -0.4 is 4.90 Å². The Morgan fingerprint density at radius 2 is 1.52 bits per heavy atom. The van der Waals surface area contributed by atoms with Crippen molar-refractivity contribution >= 4 is 23.6 Å². The van der Waals surface area contributed by atoms with Gasteiger partial charge in [-0.15, -0.1) is 0 Å². The van der Waals surface area contributed by atoms with Gasteiger partial charge >= 0.3 is 17.9 Å². The summed E-state index contributed by atoms with van der Waals surface area (Å²) >= 11 is 0. The third-order valence-corrected chi connectivity index (χ3v) is 4.75. The molecule has 1 aromatic carbocycles. The van der Waals surface area contributed by atoms with Gasteiger partial charge in [0, 0.05) is 11.9 Å². The highest BCUT2D eigenvalue weighted by Gasteiger charge is 2.27. The lowest BCUT2D eigenvalue weighted by atomic mass is 10.1. The first kappa shape index (κ1) is 23.9. The van der Waals surface area contributed by atoms with Crippen molar-refractivity contribution in [2.45, 2.75) is 39.0 Å². The quantitative estimate of drug-likeness (QED) is 0.313. The van der Waals surface area contributed by atoms with E-state index < -0.39 is 17.9 Å². The summed E-state index contributed by atoms with van der Waals surface area (Å²) in [7, 11) is 2.48. The number of benzene rings is 1. The van der Waals surface area contributed by atoms with Gasteiger partial charge in [-0.3, -0.25) is 0 Å². The minimum absolute atomic E-state index is 0.0155. The Labute approximate surface area is 183 Å². The highest BCUT2D eigenvalue weighted by molar-refractivity contribution is 6.05. The molecule has 7 nitrogen and oxygen atoms in total. The number of hydrogen-bond acceptors (Lipinski definition) is 7. The number of allylic oxidation sites excluding steroid dienone is 2. The van der Waals surface area contributed by atoms with Gasteiger partial charge in [-0.1, -0.05) is 38.7 Å². The van der Waals surface area contributed by atoms with Crippen molar-refractivity contribution in [3.05, 3.63) is 65.5 Å². The molecule has 1 aliphatic heterocycles. The fourth-order valence-electron chi connectivity index (χ4n) is 3.08. The summed E-state index contributed by atoms with van der Waals surface area (Å²) in [4.78, 5) is 38.4. The van der Waals surface area contributed by atoms with E-state index >= 15 is 0 Å². The third kappa shape index (κ3) is 6.57. The monoisotopic (exact) mass is 427 g/mol. The predicted molar refractivity (Wildman–Crippen MR) is 117 cm³/mol. The van der Waals surface area contributed by atoms with E-state index in [1.54, 1.807) is 42.6 Å². The lowest BCUT2D eigenvalue weighted by molar-refractivity contribution is -0.139. The Morgan fingerprint density at radius 3 is 2.16 bits per heavy atom. The number of anilines is 1. The molecule has 0 saturated heterocycles. The number of carbonyl (C=O) groups excluding carboxylic acids is 3. The first-order chi connectivity index (χ1) is 15.0. The van der Waals surface area contributed by atoms with Crippen molar-refractivity contribution in [1.29, 1.82) is 0 Å². The van der Waals surface area contributed by atoms with E-state index in [0.29, 0.717) is 17.9 Å². The zero-order valence-corrected chi connectivity index (χ0v) is 18.3. The molecule has 0 radical (unpaired) electrons. The van der Waals surface area contributed by atoms with Gasteiger partial charge in [0.25, 0.3) is 0 Å². The molecule has 0 atom stereocenters. The molecule has 0 aliphatic carbocycles. The Bertz CT molecular complexity index is 867. The van der Waals surface area contributed by atoms with Crippen LogP contribution in [0, 0.1) is 0 Å². The number of hydrogen-bond donors (Lipinski definition) is 0. The Hall–Kier alpha value is -3.35. The molecule has 1 heterocycles. The zero-order valence-electron chi connectivity index (χ0n) is 18.3. The maximum Gasteiger partial charge on any atom is 0.355 e. The van der Waals surface area contributed by atoms with Gasteiger partial charge in [0.15, 0.2) is 0 Å². The van der Waals surface area contributed by atoms with Gasteiger partial charge in [0.05, 0.1) is 32.0 Å². The minimum Gasteiger partial charge on any atom is -0.465 e. The van der Waals surface area contributed by atoms with Crippen molar-refractivity contribution in [3.8, 4) is 0 Å². The zero-order chi connectivity index (χ0) is 22.6. The van der Waals surface area contributed by atoms with E-state index in [9.17, 15) is 14.4 Å². The van der Waals surface area contributed by atoms with E-state index in [-0.39, 0.29) is 11.3 Å². The first-order valence-electron chi connectivity index (χ1n) is 10.4. The van der Waals surface area contributed by atoms with Crippen LogP contribution in [-0.2, 0) is 23.8 Å². The largest absolute Gasteiger partial charge is 0.465 e. The fourth-order valence-corrected chi connectivity index (χ4v) is 3.08. The molecule has 31 heavy (non-hydrogen) atoms. The maximum absolute atomic E-state index is 12.5. The van der Waals surface area contributed by atoms with Gasteiger partial charge in [-0.05, 0) is 42.8 Å². The molecule has 1 aliphatic rings. The van der Waals surface area contributed by atoms with Crippen molar-refractivity contribution in [2.24, 2.45) is 0 Å². The van der Waals surface area contributed by atoms with Crippen LogP contribution in [0.5, 0.6) is 0 Å². The van der Waals surface area contributed by atoms with Crippen molar-refractivity contribution in [3.63, 3.8) is 0 Å². The number of carbonyl (C=O) groups is 3. The van der Waals surface area contributed by atoms with E-state index in [1.807, 2.05) is 0 Å². The van der Waals surface area contributed by atoms with E-state index in [2.05, 4.69) is 6.92 Å². The second-order valence-corrected chi connectivity index (χ2v) is 6.91. The predicted octanol–water partition coefficient (Wildman–Crippen LogP) is 4.30. The highest BCUT2D eigenvalue weighted by Crippen LogP contribution is 2.26. The molecule has 1 aromatic rings. The van der Waals surface area contributed by atoms with Crippen molar-refractivity contribution < 1.29 is 28.6 Å². The van der Waals surface area contributed by atoms with Crippen LogP contribution in [-0.4, -0.2) is 38.7 Å². The normalized spacial score (nSPS) is 13.1. The number of ether oxygens (including phenoxy) is 3. The van der Waals surface area contributed by atoms with Gasteiger partial charge in [-0.25, -0.2) is 14.4 Å². The number of rotatable bonds is 10. The molecule has 7 heteroatoms. The maximum atomic E-state index is 12.5. The van der Waals surface area contributed by atoms with Gasteiger partial charge in [0.1, 0.15) is 5.70 Å². The number of unbranched alkanes of at least 4 members (excludes halogenated alkanes) is 4. The third-order valence-electron chi connectivity index (χ3n) is 4.75. The lowest BCUT2D eigenvalue weighted by Gasteiger charge is -2.23. The summed E-state index contributed by atoms with van der Waals surface area (Å²) < 4.78 is 15.0. The molecule has 0 bridgehead atoms. The topological polar surface area (TPSA) is 82.1 Å². The van der Waals surface area contributed by atoms with Gasteiger partial charge in [-0.2, -0.15) is 0 Å². The molecule has 0 fully saturated rings. The molecule has 166 valence electrons. The van der Waals surface area contributed by atoms with Crippen LogP contribution in [0.15, 0.2) is 60.0 Å². The molecular formula is C24H29NO6. The Morgan fingerprint density at radius 1 is 0.839 bits per heavy atom. The molecule has 0 spiro atoms. The molecule has 0 unspecified atom stereocenters. The number of nitrogens with zero attached hydrogens (tertiary/aromatic N) is 1. The summed E-state index contributed by atoms with van der Waals surface area (Å²) in [6.45, 7) is 2.55. The van der Waals surface area contributed by atoms with Gasteiger partial charge < -0.3 is 19.1 Å². The summed E-state index contributed by atoms with van der Waals surface area (Å²) in [6, 6.07) is 6.58. The van der Waals surface area contributed by atoms with Crippen LogP contribution >= 0.6 is 0 Å². The van der Waals surface area contributed by atoms with E-state index in [4.69, 9.17) is 14.2 Å². The van der Waals surface area contributed by atoms with Crippen LogP contribution in [0.25, 0.3) is 0 Å². The minimum atomic E-state index is -0.692. The smallest absolute Gasteiger partial charge is 0.355 e. The number of methoxy groups -OCH3 is 2. The summed E-state index contributed by atoms with van der Waals surface area (Å²) in [5.41, 5.74) is 1.05. The molecule has 0 saturated carbocycles. The van der Waals surface area contributed by atoms with Gasteiger partial charge in [0.2, 0.25) is 0 Å². The van der Waals surface area contributed by atoms with Crippen LogP contribution in [0.1, 0.15) is 49.4 Å². The fraction of sp³-hybridized carbons (Fsp3) is 0.375. The lowest BCUT2D eigenvalue weighted by Crippen LogP contribution is -2.27. The van der Waals surface area contributed by atoms with Crippen molar-refractivity contribution in [1.82, 2.24) is 0 Å². The molecule has 0 amide bonds. The summed E-state index contributed by atoms with van der Waals surface area (Å²) in [5.74, 6) is -1.75. The standard InChI is InChI=1S/C24H29NO6/c1-4-5-6-7-10-17-31-22(26)18-12-14-19(15-13-18)25-16-9-8-11-20(23(27)29-2)21(25)24(28)30-3/h8-9,11-16H,4-7,10,17H2,1-3H3. The van der Waals surface area contributed by atoms with Crippen molar-refractivity contribution in [2.75, 3.05) is 25.7 Å². The molecule has 0 N–H and O–H groups in total. The van der Waals surface area contributed by atoms with Crippen LogP contribution in [0.4, 0.5) is 5.69 Å².